The van der Waals surface area contributed by atoms with Gasteiger partial charge in [0.15, 0.2) is 0 Å². The molecule has 0 radical (unpaired) electrons. The van der Waals surface area contributed by atoms with Crippen molar-refractivity contribution < 1.29 is 21.7 Å². The van der Waals surface area contributed by atoms with Gasteiger partial charge in [-0.3, -0.25) is 0 Å². The summed E-state index contributed by atoms with van der Waals surface area (Å²) in [7, 11) is -6.00. The van der Waals surface area contributed by atoms with Gasteiger partial charge in [0, 0.05) is 27.5 Å². The van der Waals surface area contributed by atoms with E-state index in [0.29, 0.717) is 0 Å². The Labute approximate surface area is 256 Å². The molecule has 0 atom stereocenters. The van der Waals surface area contributed by atoms with Crippen LogP contribution in [0, 0.1) is 0 Å². The second-order valence-corrected chi connectivity index (χ2v) is 13.7. The molecule has 2 aromatic heterocycles. The summed E-state index contributed by atoms with van der Waals surface area (Å²) in [5.41, 5.74) is 4.41. The van der Waals surface area contributed by atoms with Gasteiger partial charge in [-0.05, 0) is 70.4 Å². The zero-order valence-corrected chi connectivity index (χ0v) is 26.2. The lowest BCUT2D eigenvalue weighted by atomic mass is 9.68. The van der Waals surface area contributed by atoms with Crippen LogP contribution in [0.5, 0.6) is 0 Å². The highest BCUT2D eigenvalue weighted by atomic mass is 32.1. The Morgan fingerprint density at radius 3 is 1.21 bits per heavy atom. The molecule has 0 spiro atoms. The van der Waals surface area contributed by atoms with Crippen LogP contribution in [0.1, 0.15) is 74.6 Å². The fourth-order valence-electron chi connectivity index (χ4n) is 5.07. The van der Waals surface area contributed by atoms with Gasteiger partial charge in [0.2, 0.25) is 0 Å². The first-order valence-corrected chi connectivity index (χ1v) is 15.1. The Kier molecular flexibility index (Phi) is 9.36. The largest absolute Gasteiger partial charge is 0.673 e. The van der Waals surface area contributed by atoms with Crippen molar-refractivity contribution in [3.63, 3.8) is 0 Å². The van der Waals surface area contributed by atoms with Gasteiger partial charge >= 0.3 is 18.8 Å². The molecule has 5 rings (SSSR count). The van der Waals surface area contributed by atoms with Crippen LogP contribution in [0.4, 0.5) is 17.3 Å². The molecule has 2 heterocycles. The predicted molar refractivity (Wildman–Crippen MR) is 172 cm³/mol. The van der Waals surface area contributed by atoms with Gasteiger partial charge < -0.3 is 17.3 Å². The van der Waals surface area contributed by atoms with E-state index < -0.39 is 12.7 Å². The molecule has 1 nitrogen and oxygen atoms in total. The average molecular weight is 605 g/mol. The molecule has 0 fully saturated rings. The molecule has 0 saturated carbocycles. The van der Waals surface area contributed by atoms with Crippen LogP contribution in [-0.2, 0) is 16.2 Å². The van der Waals surface area contributed by atoms with Crippen molar-refractivity contribution in [3.05, 3.63) is 148 Å². The van der Waals surface area contributed by atoms with Gasteiger partial charge in [-0.1, -0.05) is 91.0 Å². The van der Waals surface area contributed by atoms with Gasteiger partial charge in [0.05, 0.1) is 16.2 Å². The molecule has 0 bridgehead atoms. The van der Waals surface area contributed by atoms with Crippen LogP contribution < -0.4 is 0 Å². The Hall–Kier alpha value is -3.71. The first-order chi connectivity index (χ1) is 20.1. The fraction of sp³-hybridized carbons (Fsp3) is 0.250. The van der Waals surface area contributed by atoms with Crippen LogP contribution in [0.2, 0.25) is 0 Å². The topological polar surface area (TPSA) is 11.3 Å². The standard InChI is InChI=1S/C36H37OS.BF4/c1-34(2,3)31-24-26(25-32(37-31)35(4,5)6)30-22-23-33(38-30)36(27-16-10-7-11-17-27,28-18-12-8-13-19-28)29-20-14-9-15-21-29;2-1(3,4)5/h7-25H,1-6H3;/q+1;-1. The normalized spacial score (nSPS) is 12.4. The third-order valence-electron chi connectivity index (χ3n) is 7.15. The summed E-state index contributed by atoms with van der Waals surface area (Å²) >= 11 is 1.87. The minimum Gasteiger partial charge on any atom is -0.418 e. The SMILES string of the molecule is CC(C)(C)c1cc(-c2ccc(C(c3ccccc3)(c3ccccc3)c3ccccc3)s2)cc(C(C)(C)C)[o+]1.F[B-](F)(F)F. The van der Waals surface area contributed by atoms with E-state index in [2.05, 4.69) is 157 Å². The summed E-state index contributed by atoms with van der Waals surface area (Å²) in [6.07, 6.45) is 0. The van der Waals surface area contributed by atoms with E-state index in [0.717, 1.165) is 11.5 Å². The Morgan fingerprint density at radius 1 is 0.535 bits per heavy atom. The number of benzene rings is 3. The Morgan fingerprint density at radius 2 is 0.884 bits per heavy atom. The molecule has 43 heavy (non-hydrogen) atoms. The van der Waals surface area contributed by atoms with Crippen molar-refractivity contribution in [2.45, 2.75) is 57.8 Å². The number of hydrogen-bond acceptors (Lipinski definition) is 1. The summed E-state index contributed by atoms with van der Waals surface area (Å²) in [6, 6.07) is 41.8. The highest BCUT2D eigenvalue weighted by Gasteiger charge is 2.40. The maximum Gasteiger partial charge on any atom is 0.673 e. The van der Waals surface area contributed by atoms with Crippen molar-refractivity contribution in [2.75, 3.05) is 0 Å². The van der Waals surface area contributed by atoms with Crippen LogP contribution in [0.3, 0.4) is 0 Å². The molecule has 0 aliphatic carbocycles. The number of thiophene rings is 1. The van der Waals surface area contributed by atoms with Gasteiger partial charge in [-0.2, -0.15) is 0 Å². The first kappa shape index (κ1) is 32.2. The average Bonchev–Trinajstić information content (AvgIpc) is 3.44. The summed E-state index contributed by atoms with van der Waals surface area (Å²) < 4.78 is 45.5. The molecule has 3 aromatic carbocycles. The lowest BCUT2D eigenvalue weighted by molar-refractivity contribution is 0.329. The second kappa shape index (κ2) is 12.5. The van der Waals surface area contributed by atoms with E-state index in [9.17, 15) is 17.3 Å². The molecule has 224 valence electrons. The predicted octanol–water partition coefficient (Wildman–Crippen LogP) is 11.6. The van der Waals surface area contributed by atoms with E-state index in [1.807, 2.05) is 11.3 Å². The highest BCUT2D eigenvalue weighted by Crippen LogP contribution is 2.49. The molecular weight excluding hydrogens is 567 g/mol. The number of hydrogen-bond donors (Lipinski definition) is 0. The van der Waals surface area contributed by atoms with E-state index in [4.69, 9.17) is 4.42 Å². The van der Waals surface area contributed by atoms with Crippen molar-refractivity contribution >= 4 is 18.6 Å². The minimum atomic E-state index is -6.00. The number of halogens is 4. The lowest BCUT2D eigenvalue weighted by Gasteiger charge is -2.35. The molecular formula is C36H37BF4OS. The molecule has 0 saturated heterocycles. The van der Waals surface area contributed by atoms with Gasteiger partial charge in [0.1, 0.15) is 0 Å². The van der Waals surface area contributed by atoms with Crippen LogP contribution in [0.15, 0.2) is 120 Å². The molecule has 0 aliphatic rings. The van der Waals surface area contributed by atoms with Crippen LogP contribution in [0.25, 0.3) is 10.4 Å². The van der Waals surface area contributed by atoms with Crippen molar-refractivity contribution in [3.8, 4) is 10.4 Å². The maximum absolute atomic E-state index is 9.75. The van der Waals surface area contributed by atoms with Gasteiger partial charge in [0.25, 0.3) is 0 Å². The molecule has 0 unspecified atom stereocenters. The smallest absolute Gasteiger partial charge is 0.418 e. The monoisotopic (exact) mass is 604 g/mol. The second-order valence-electron chi connectivity index (χ2n) is 12.6. The fourth-order valence-corrected chi connectivity index (χ4v) is 6.32. The van der Waals surface area contributed by atoms with E-state index in [-0.39, 0.29) is 10.8 Å². The first-order valence-electron chi connectivity index (χ1n) is 14.2. The van der Waals surface area contributed by atoms with E-state index >= 15 is 0 Å². The van der Waals surface area contributed by atoms with Crippen molar-refractivity contribution in [1.29, 1.82) is 0 Å². The van der Waals surface area contributed by atoms with Crippen LogP contribution >= 0.6 is 11.3 Å². The summed E-state index contributed by atoms with van der Waals surface area (Å²) in [5, 5.41) is 0. The Balaban J connectivity index is 0.000000782. The maximum atomic E-state index is 9.75. The summed E-state index contributed by atoms with van der Waals surface area (Å²) in [5.74, 6) is 2.02. The van der Waals surface area contributed by atoms with Crippen molar-refractivity contribution in [2.24, 2.45) is 0 Å². The van der Waals surface area contributed by atoms with Gasteiger partial charge in [-0.25, -0.2) is 4.42 Å². The summed E-state index contributed by atoms with van der Waals surface area (Å²) in [4.78, 5) is 2.55. The molecule has 0 N–H and O–H groups in total. The molecule has 0 amide bonds. The minimum absolute atomic E-state index is 0.0853. The van der Waals surface area contributed by atoms with E-state index in [1.165, 1.54) is 32.0 Å². The van der Waals surface area contributed by atoms with Crippen molar-refractivity contribution in [1.82, 2.24) is 0 Å². The zero-order chi connectivity index (χ0) is 31.5. The van der Waals surface area contributed by atoms with E-state index in [1.54, 1.807) is 0 Å². The third kappa shape index (κ3) is 7.63. The molecule has 0 aliphatic heterocycles. The zero-order valence-electron chi connectivity index (χ0n) is 25.4. The summed E-state index contributed by atoms with van der Waals surface area (Å²) in [6.45, 7) is 13.3. The lowest BCUT2D eigenvalue weighted by Crippen LogP contribution is -2.29. The van der Waals surface area contributed by atoms with Crippen LogP contribution in [-0.4, -0.2) is 7.25 Å². The highest BCUT2D eigenvalue weighted by molar-refractivity contribution is 7.15. The molecule has 5 aromatic rings. The van der Waals surface area contributed by atoms with Gasteiger partial charge in [-0.15, -0.1) is 11.3 Å². The number of rotatable bonds is 5. The quantitative estimate of drug-likeness (QED) is 0.0841. The molecule has 7 heteroatoms. The Bertz CT molecular complexity index is 1480. The third-order valence-corrected chi connectivity index (χ3v) is 8.41.